The Morgan fingerprint density at radius 2 is 1.26 bits per heavy atom. The van der Waals surface area contributed by atoms with E-state index >= 15 is 0 Å². The quantitative estimate of drug-likeness (QED) is 0.372. The first kappa shape index (κ1) is 25.4. The van der Waals surface area contributed by atoms with Gasteiger partial charge in [-0.25, -0.2) is 9.59 Å². The normalized spacial score (nSPS) is 12.8. The molecule has 2 aromatic rings. The summed E-state index contributed by atoms with van der Waals surface area (Å²) in [6.45, 7) is 13.7. The summed E-state index contributed by atoms with van der Waals surface area (Å²) in [7, 11) is 0. The molecule has 0 bridgehead atoms. The lowest BCUT2D eigenvalue weighted by Crippen LogP contribution is -2.11. The summed E-state index contributed by atoms with van der Waals surface area (Å²) in [5.74, 6) is -0.268. The van der Waals surface area contributed by atoms with Crippen LogP contribution in [0.4, 0.5) is 0 Å². The first-order valence-electron chi connectivity index (χ1n) is 9.49. The molecule has 0 saturated carbocycles. The van der Waals surface area contributed by atoms with E-state index in [1.165, 1.54) is 34.4 Å². The Hall–Kier alpha value is -1.91. The van der Waals surface area contributed by atoms with Crippen molar-refractivity contribution in [2.75, 3.05) is 0 Å². The van der Waals surface area contributed by atoms with Crippen LogP contribution in [0.3, 0.4) is 0 Å². The molecule has 9 heteroatoms. The van der Waals surface area contributed by atoms with Gasteiger partial charge in [0.05, 0.1) is 20.6 Å². The minimum Gasteiger partial charge on any atom is -0.422 e. The van der Waals surface area contributed by atoms with Gasteiger partial charge in [0.25, 0.3) is 0 Å². The minimum absolute atomic E-state index is 0.282. The molecule has 2 unspecified atom stereocenters. The number of carbonyl (C=O) groups excluding carboxylic acids is 2. The van der Waals surface area contributed by atoms with Crippen LogP contribution >= 0.6 is 34.4 Å². The summed E-state index contributed by atoms with van der Waals surface area (Å²) in [6.07, 6.45) is -0.662. The van der Waals surface area contributed by atoms with E-state index in [2.05, 4.69) is 13.2 Å². The molecule has 31 heavy (non-hydrogen) atoms. The van der Waals surface area contributed by atoms with Gasteiger partial charge in [0.2, 0.25) is 0 Å². The Morgan fingerprint density at radius 1 is 0.903 bits per heavy atom. The van der Waals surface area contributed by atoms with Crippen LogP contribution in [0.15, 0.2) is 43.5 Å². The highest BCUT2D eigenvalue weighted by Gasteiger charge is 2.23. The summed E-state index contributed by atoms with van der Waals surface area (Å²) in [5.41, 5.74) is 2.00. The molecule has 0 aromatic carbocycles. The average Bonchev–Trinajstić information content (AvgIpc) is 3.19. The van der Waals surface area contributed by atoms with E-state index in [9.17, 15) is 19.8 Å². The fraction of sp³-hybridized carbons (Fsp3) is 0.364. The number of carbonyl (C=O) groups is 2. The first-order valence-corrected chi connectivity index (χ1v) is 12.1. The number of thiophene rings is 2. The molecule has 2 heterocycles. The molecule has 2 atom stereocenters. The van der Waals surface area contributed by atoms with Gasteiger partial charge >= 0.3 is 11.9 Å². The van der Waals surface area contributed by atoms with Gasteiger partial charge in [0.15, 0.2) is 0 Å². The Kier molecular flexibility index (Phi) is 9.08. The maximum absolute atomic E-state index is 12.0. The Bertz CT molecular complexity index is 905. The zero-order valence-electron chi connectivity index (χ0n) is 17.9. The summed E-state index contributed by atoms with van der Waals surface area (Å²) in [5, 5.41) is 23.4. The molecule has 2 N–H and O–H groups in total. The molecule has 2 rings (SSSR count). The second-order valence-corrected chi connectivity index (χ2v) is 10.6. The van der Waals surface area contributed by atoms with Crippen LogP contribution in [-0.2, 0) is 22.4 Å². The predicted molar refractivity (Wildman–Crippen MR) is 124 cm³/mol. The van der Waals surface area contributed by atoms with Crippen molar-refractivity contribution < 1.29 is 29.3 Å². The van der Waals surface area contributed by atoms with Crippen LogP contribution in [0, 0.1) is 0 Å². The third kappa shape index (κ3) is 7.05. The van der Waals surface area contributed by atoms with Crippen molar-refractivity contribution in [3.8, 4) is 11.5 Å². The molecule has 0 aliphatic rings. The van der Waals surface area contributed by atoms with Crippen molar-refractivity contribution in [2.24, 2.45) is 0 Å². The third-order valence-corrected chi connectivity index (χ3v) is 7.45. The van der Waals surface area contributed by atoms with E-state index in [0.29, 0.717) is 24.3 Å². The number of aliphatic hydroxyl groups is 2. The van der Waals surface area contributed by atoms with Crippen LogP contribution < -0.4 is 9.47 Å². The summed E-state index contributed by atoms with van der Waals surface area (Å²) in [4.78, 5) is 24.0. The summed E-state index contributed by atoms with van der Waals surface area (Å²) >= 11 is 4.20. The SMILES string of the molecule is C=C(C)C(=O)Oc1csc(Sc2scc(OC(=O)C(=C)C)c2CC(C)O)c1CC(C)O. The lowest BCUT2D eigenvalue weighted by molar-refractivity contribution is -0.131. The summed E-state index contributed by atoms with van der Waals surface area (Å²) in [6, 6.07) is 0. The van der Waals surface area contributed by atoms with E-state index < -0.39 is 24.1 Å². The topological polar surface area (TPSA) is 93.1 Å². The lowest BCUT2D eigenvalue weighted by Gasteiger charge is -2.11. The van der Waals surface area contributed by atoms with Gasteiger partial charge in [-0.1, -0.05) is 24.9 Å². The van der Waals surface area contributed by atoms with E-state index in [4.69, 9.17) is 9.47 Å². The van der Waals surface area contributed by atoms with Crippen LogP contribution in [0.25, 0.3) is 0 Å². The second kappa shape index (κ2) is 11.1. The Morgan fingerprint density at radius 3 is 1.55 bits per heavy atom. The van der Waals surface area contributed by atoms with Crippen molar-refractivity contribution in [1.29, 1.82) is 0 Å². The lowest BCUT2D eigenvalue weighted by atomic mass is 10.1. The molecule has 0 aliphatic carbocycles. The maximum atomic E-state index is 12.0. The number of ether oxygens (including phenoxy) is 2. The fourth-order valence-corrected chi connectivity index (χ4v) is 6.03. The van der Waals surface area contributed by atoms with Gasteiger partial charge in [0, 0.05) is 45.9 Å². The monoisotopic (exact) mass is 482 g/mol. The molecule has 6 nitrogen and oxygen atoms in total. The van der Waals surface area contributed by atoms with Crippen LogP contribution in [0.2, 0.25) is 0 Å². The zero-order chi connectivity index (χ0) is 23.3. The molecule has 0 aliphatic heterocycles. The number of hydrogen-bond acceptors (Lipinski definition) is 9. The largest absolute Gasteiger partial charge is 0.422 e. The average molecular weight is 483 g/mol. The highest BCUT2D eigenvalue weighted by atomic mass is 32.2. The van der Waals surface area contributed by atoms with Gasteiger partial charge in [-0.05, 0) is 27.7 Å². The van der Waals surface area contributed by atoms with E-state index in [0.717, 1.165) is 19.5 Å². The molecule has 0 fully saturated rings. The minimum atomic E-state index is -0.636. The molecule has 2 aromatic heterocycles. The van der Waals surface area contributed by atoms with Crippen LogP contribution in [0.5, 0.6) is 11.5 Å². The molecular formula is C22H26O6S3. The molecular weight excluding hydrogens is 456 g/mol. The van der Waals surface area contributed by atoms with E-state index in [1.54, 1.807) is 38.5 Å². The van der Waals surface area contributed by atoms with Crippen molar-refractivity contribution >= 4 is 46.4 Å². The summed E-state index contributed by atoms with van der Waals surface area (Å²) < 4.78 is 12.6. The van der Waals surface area contributed by atoms with Gasteiger partial charge in [0.1, 0.15) is 11.5 Å². The number of rotatable bonds is 10. The Labute approximate surface area is 194 Å². The molecule has 0 amide bonds. The Balaban J connectivity index is 2.40. The highest BCUT2D eigenvalue weighted by Crippen LogP contribution is 2.47. The first-order chi connectivity index (χ1) is 14.5. The predicted octanol–water partition coefficient (Wildman–Crippen LogP) is 4.77. The third-order valence-electron chi connectivity index (χ3n) is 3.92. The van der Waals surface area contributed by atoms with Crippen molar-refractivity contribution in [3.05, 3.63) is 46.2 Å². The van der Waals surface area contributed by atoms with Gasteiger partial charge < -0.3 is 19.7 Å². The van der Waals surface area contributed by atoms with Gasteiger partial charge in [-0.15, -0.1) is 22.7 Å². The number of hydrogen-bond donors (Lipinski definition) is 2. The smallest absolute Gasteiger partial charge is 0.338 e. The number of esters is 2. The van der Waals surface area contributed by atoms with Gasteiger partial charge in [-0.2, -0.15) is 0 Å². The van der Waals surface area contributed by atoms with Crippen molar-refractivity contribution in [1.82, 2.24) is 0 Å². The van der Waals surface area contributed by atoms with Crippen molar-refractivity contribution in [3.63, 3.8) is 0 Å². The molecule has 0 spiro atoms. The zero-order valence-corrected chi connectivity index (χ0v) is 20.3. The van der Waals surface area contributed by atoms with Crippen LogP contribution in [-0.4, -0.2) is 34.4 Å². The molecule has 0 saturated heterocycles. The standard InChI is InChI=1S/C22H26O6S3/c1-11(2)19(25)27-17-9-29-21(15(17)7-13(5)23)31-22-16(8-14(6)24)18(10-30-22)28-20(26)12(3)4/h9-10,13-14,23-24H,1,3,7-8H2,2,4-6H3. The van der Waals surface area contributed by atoms with Crippen molar-refractivity contribution in [2.45, 2.75) is 61.2 Å². The number of aliphatic hydroxyl groups excluding tert-OH is 2. The second-order valence-electron chi connectivity index (χ2n) is 7.28. The van der Waals surface area contributed by atoms with E-state index in [-0.39, 0.29) is 11.1 Å². The fourth-order valence-electron chi connectivity index (χ4n) is 2.46. The van der Waals surface area contributed by atoms with Crippen LogP contribution in [0.1, 0.15) is 38.8 Å². The maximum Gasteiger partial charge on any atom is 0.338 e. The van der Waals surface area contributed by atoms with Gasteiger partial charge in [-0.3, -0.25) is 0 Å². The molecule has 168 valence electrons. The highest BCUT2D eigenvalue weighted by molar-refractivity contribution is 8.03. The molecule has 0 radical (unpaired) electrons. The van der Waals surface area contributed by atoms with E-state index in [1.807, 2.05) is 0 Å².